The second-order valence-corrected chi connectivity index (χ2v) is 14.9. The van der Waals surface area contributed by atoms with Gasteiger partial charge in [0.25, 0.3) is 0 Å². The summed E-state index contributed by atoms with van der Waals surface area (Å²) in [6.45, 7) is 18.1. The Morgan fingerprint density at radius 2 is 0.727 bits per heavy atom. The van der Waals surface area contributed by atoms with Gasteiger partial charge >= 0.3 is 0 Å². The SMILES string of the molecule is CC1CC(CC2C(C)CC(CC3C(C)CC(CC4CCCC4)CC3C)CC2C)CC(C)C1C. The molecule has 0 aromatic carbocycles. The quantitative estimate of drug-likeness (QED) is 0.373. The lowest BCUT2D eigenvalue weighted by atomic mass is 9.59. The molecular formula is C33H60. The van der Waals surface area contributed by atoms with Crippen LogP contribution < -0.4 is 0 Å². The van der Waals surface area contributed by atoms with Crippen molar-refractivity contribution in [3.05, 3.63) is 0 Å². The van der Waals surface area contributed by atoms with Gasteiger partial charge in [0.05, 0.1) is 0 Å². The van der Waals surface area contributed by atoms with Crippen molar-refractivity contribution < 1.29 is 0 Å². The average molecular weight is 457 g/mol. The molecule has 4 aliphatic carbocycles. The maximum absolute atomic E-state index is 2.64. The van der Waals surface area contributed by atoms with Crippen LogP contribution >= 0.6 is 0 Å². The Morgan fingerprint density at radius 3 is 1.12 bits per heavy atom. The summed E-state index contributed by atoms with van der Waals surface area (Å²) in [5.41, 5.74) is 0. The fraction of sp³-hybridized carbons (Fsp3) is 1.00. The zero-order valence-electron chi connectivity index (χ0n) is 23.7. The lowest BCUT2D eigenvalue weighted by Crippen LogP contribution is -2.37. The summed E-state index contributed by atoms with van der Waals surface area (Å²) < 4.78 is 0. The van der Waals surface area contributed by atoms with Gasteiger partial charge in [-0.25, -0.2) is 0 Å². The Labute approximate surface area is 208 Å². The van der Waals surface area contributed by atoms with E-state index in [1.54, 1.807) is 38.5 Å². The fourth-order valence-electron chi connectivity index (χ4n) is 10.2. The highest BCUT2D eigenvalue weighted by molar-refractivity contribution is 4.91. The van der Waals surface area contributed by atoms with E-state index in [4.69, 9.17) is 0 Å². The molecule has 33 heavy (non-hydrogen) atoms. The van der Waals surface area contributed by atoms with Crippen LogP contribution in [0, 0.1) is 76.9 Å². The van der Waals surface area contributed by atoms with E-state index >= 15 is 0 Å². The van der Waals surface area contributed by atoms with E-state index in [0.717, 1.165) is 76.9 Å². The third-order valence-corrected chi connectivity index (χ3v) is 12.3. The molecule has 0 spiro atoms. The number of rotatable bonds is 6. The van der Waals surface area contributed by atoms with E-state index in [2.05, 4.69) is 48.5 Å². The topological polar surface area (TPSA) is 0 Å². The molecule has 4 aliphatic rings. The molecule has 0 aromatic heterocycles. The molecule has 0 radical (unpaired) electrons. The molecule has 4 rings (SSSR count). The third-order valence-electron chi connectivity index (χ3n) is 12.3. The molecule has 6 unspecified atom stereocenters. The van der Waals surface area contributed by atoms with Crippen LogP contribution in [0.4, 0.5) is 0 Å². The zero-order valence-corrected chi connectivity index (χ0v) is 23.7. The minimum Gasteiger partial charge on any atom is -0.0622 e. The Balaban J connectivity index is 1.26. The molecule has 0 saturated heterocycles. The van der Waals surface area contributed by atoms with Gasteiger partial charge in [-0.1, -0.05) is 74.1 Å². The molecule has 4 fully saturated rings. The molecule has 0 nitrogen and oxygen atoms in total. The standard InChI is InChI=1S/C33H60/c1-21-12-30(13-22(2)27(21)7)19-32-25(5)16-31(17-26(32)6)20-33-23(3)14-29(15-24(33)4)18-28-10-8-9-11-28/h21-33H,8-20H2,1-7H3. The zero-order chi connectivity index (χ0) is 23.7. The second-order valence-electron chi connectivity index (χ2n) is 14.9. The minimum atomic E-state index is 0.934. The first kappa shape index (κ1) is 26.1. The van der Waals surface area contributed by atoms with Gasteiger partial charge in [-0.2, -0.15) is 0 Å². The van der Waals surface area contributed by atoms with Gasteiger partial charge < -0.3 is 0 Å². The average Bonchev–Trinajstić information content (AvgIpc) is 3.24. The van der Waals surface area contributed by atoms with Gasteiger partial charge in [-0.05, 0) is 135 Å². The van der Waals surface area contributed by atoms with Crippen molar-refractivity contribution in [1.29, 1.82) is 0 Å². The number of hydrogen-bond acceptors (Lipinski definition) is 0. The van der Waals surface area contributed by atoms with E-state index in [1.165, 1.54) is 44.9 Å². The summed E-state index contributed by atoms with van der Waals surface area (Å²) in [6.07, 6.45) is 19.9. The highest BCUT2D eigenvalue weighted by atomic mass is 14.5. The minimum absolute atomic E-state index is 0.934. The van der Waals surface area contributed by atoms with Crippen LogP contribution in [0.2, 0.25) is 0 Å². The second kappa shape index (κ2) is 11.4. The van der Waals surface area contributed by atoms with Crippen LogP contribution in [0.3, 0.4) is 0 Å². The molecule has 0 heterocycles. The van der Waals surface area contributed by atoms with Crippen molar-refractivity contribution in [2.24, 2.45) is 76.9 Å². The Morgan fingerprint density at radius 1 is 0.394 bits per heavy atom. The van der Waals surface area contributed by atoms with Crippen LogP contribution in [0.1, 0.15) is 132 Å². The van der Waals surface area contributed by atoms with Crippen LogP contribution in [-0.2, 0) is 0 Å². The molecule has 0 bridgehead atoms. The first-order chi connectivity index (χ1) is 15.7. The molecule has 0 heteroatoms. The van der Waals surface area contributed by atoms with E-state index in [9.17, 15) is 0 Å². The maximum Gasteiger partial charge on any atom is -0.0360 e. The molecule has 4 saturated carbocycles. The van der Waals surface area contributed by atoms with Crippen molar-refractivity contribution in [3.63, 3.8) is 0 Å². The largest absolute Gasteiger partial charge is 0.0622 e. The Hall–Kier alpha value is 0. The predicted octanol–water partition coefficient (Wildman–Crippen LogP) is 10.3. The van der Waals surface area contributed by atoms with E-state index in [1.807, 2.05) is 0 Å². The lowest BCUT2D eigenvalue weighted by Gasteiger charge is -2.46. The third kappa shape index (κ3) is 6.42. The van der Waals surface area contributed by atoms with Gasteiger partial charge in [0.15, 0.2) is 0 Å². The molecule has 0 aromatic rings. The summed E-state index contributed by atoms with van der Waals surface area (Å²) in [5.74, 6) is 12.8. The van der Waals surface area contributed by atoms with Crippen LogP contribution in [0.25, 0.3) is 0 Å². The maximum atomic E-state index is 2.64. The van der Waals surface area contributed by atoms with Gasteiger partial charge in [0, 0.05) is 0 Å². The van der Waals surface area contributed by atoms with Crippen molar-refractivity contribution in [2.75, 3.05) is 0 Å². The van der Waals surface area contributed by atoms with Crippen molar-refractivity contribution >= 4 is 0 Å². The summed E-state index contributed by atoms with van der Waals surface area (Å²) >= 11 is 0. The van der Waals surface area contributed by atoms with E-state index in [-0.39, 0.29) is 0 Å². The molecule has 0 aliphatic heterocycles. The molecular weight excluding hydrogens is 396 g/mol. The normalized spacial score (nSPS) is 49.9. The summed E-state index contributed by atoms with van der Waals surface area (Å²) in [4.78, 5) is 0. The highest BCUT2D eigenvalue weighted by Gasteiger charge is 2.40. The van der Waals surface area contributed by atoms with Crippen LogP contribution in [0.5, 0.6) is 0 Å². The van der Waals surface area contributed by atoms with Crippen molar-refractivity contribution in [2.45, 2.75) is 132 Å². The summed E-state index contributed by atoms with van der Waals surface area (Å²) in [5, 5.41) is 0. The van der Waals surface area contributed by atoms with Gasteiger partial charge in [-0.3, -0.25) is 0 Å². The van der Waals surface area contributed by atoms with Crippen molar-refractivity contribution in [1.82, 2.24) is 0 Å². The highest BCUT2D eigenvalue weighted by Crippen LogP contribution is 2.50. The van der Waals surface area contributed by atoms with Gasteiger partial charge in [0.1, 0.15) is 0 Å². The summed E-state index contributed by atoms with van der Waals surface area (Å²) in [7, 11) is 0. The predicted molar refractivity (Wildman–Crippen MR) is 145 cm³/mol. The van der Waals surface area contributed by atoms with Crippen LogP contribution in [-0.4, -0.2) is 0 Å². The van der Waals surface area contributed by atoms with Crippen molar-refractivity contribution in [3.8, 4) is 0 Å². The Bertz CT molecular complexity index is 551. The molecule has 0 amide bonds. The van der Waals surface area contributed by atoms with E-state index < -0.39 is 0 Å². The first-order valence-electron chi connectivity index (χ1n) is 15.7. The van der Waals surface area contributed by atoms with E-state index in [0.29, 0.717) is 0 Å². The van der Waals surface area contributed by atoms with Gasteiger partial charge in [-0.15, -0.1) is 0 Å². The molecule has 192 valence electrons. The smallest absolute Gasteiger partial charge is 0.0360 e. The fourth-order valence-corrected chi connectivity index (χ4v) is 10.2. The lowest BCUT2D eigenvalue weighted by molar-refractivity contribution is 0.0385. The molecule has 0 N–H and O–H groups in total. The number of hydrogen-bond donors (Lipinski definition) is 0. The molecule has 6 atom stereocenters. The van der Waals surface area contributed by atoms with Crippen LogP contribution in [0.15, 0.2) is 0 Å². The van der Waals surface area contributed by atoms with Gasteiger partial charge in [0.2, 0.25) is 0 Å². The summed E-state index contributed by atoms with van der Waals surface area (Å²) in [6, 6.07) is 0. The first-order valence-corrected chi connectivity index (χ1v) is 15.7. The monoisotopic (exact) mass is 456 g/mol. The Kier molecular flexibility index (Phi) is 8.99.